The molecule has 0 aromatic carbocycles. The molecule has 8 heavy (non-hydrogen) atoms. The zero-order chi connectivity index (χ0) is 5.66. The van der Waals surface area contributed by atoms with Crippen molar-refractivity contribution >= 4 is 27.3 Å². The van der Waals surface area contributed by atoms with Crippen molar-refractivity contribution < 1.29 is 0 Å². The van der Waals surface area contributed by atoms with Crippen molar-refractivity contribution in [1.29, 1.82) is 0 Å². The van der Waals surface area contributed by atoms with Crippen LogP contribution in [0.15, 0.2) is 20.5 Å². The van der Waals surface area contributed by atoms with Crippen molar-refractivity contribution in [2.24, 2.45) is 20.5 Å². The molecule has 1 rings (SSSR count). The minimum atomic E-state index is 1.54. The van der Waals surface area contributed by atoms with Crippen molar-refractivity contribution in [3.05, 3.63) is 0 Å². The zero-order valence-electron chi connectivity index (χ0n) is 4.10. The summed E-state index contributed by atoms with van der Waals surface area (Å²) in [7, 11) is 0. The van der Waals surface area contributed by atoms with Crippen LogP contribution < -0.4 is 0 Å². The average Bonchev–Trinajstić information content (AvgIpc) is 1.62. The topological polar surface area (TPSA) is 49.4 Å². The third kappa shape index (κ3) is 1.95. The first kappa shape index (κ1) is 5.59. The van der Waals surface area contributed by atoms with Crippen LogP contribution in [0.4, 0.5) is 0 Å². The molecule has 4 nitrogen and oxygen atoms in total. The Hall–Kier alpha value is -0.540. The summed E-state index contributed by atoms with van der Waals surface area (Å²) in [5.74, 6) is 0. The minimum absolute atomic E-state index is 1.54. The van der Waals surface area contributed by atoms with Crippen LogP contribution >= 0.6 is 0 Å². The van der Waals surface area contributed by atoms with Crippen LogP contribution in [-0.2, 0) is 0 Å². The fraction of sp³-hybridized carbons (Fsp3) is 0. The molecule has 0 aliphatic carbocycles. The molecule has 0 saturated carbocycles. The molecule has 0 spiro atoms. The Kier molecular flexibility index (Phi) is 2.42. The molecule has 0 bridgehead atoms. The normalized spacial score (nSPS) is 24.0. The van der Waals surface area contributed by atoms with E-state index in [2.05, 4.69) is 20.5 Å². The molecule has 0 fully saturated rings. The van der Waals surface area contributed by atoms with Crippen LogP contribution in [-0.4, -0.2) is 27.3 Å². The monoisotopic (exact) mass is 100 g/mol. The SMILES string of the molecule is B1=B\N=N/N=N\B=B/1. The summed E-state index contributed by atoms with van der Waals surface area (Å²) in [5.41, 5.74) is 0. The van der Waals surface area contributed by atoms with E-state index in [1.807, 2.05) is 0 Å². The van der Waals surface area contributed by atoms with E-state index in [1.54, 1.807) is 13.4 Å². The van der Waals surface area contributed by atoms with E-state index in [1.165, 1.54) is 13.9 Å². The van der Waals surface area contributed by atoms with Gasteiger partial charge in [-0.25, -0.2) is 0 Å². The van der Waals surface area contributed by atoms with Crippen molar-refractivity contribution in [3.8, 4) is 0 Å². The third-order valence-electron chi connectivity index (χ3n) is 0.560. The van der Waals surface area contributed by atoms with Gasteiger partial charge in [0.2, 0.25) is 0 Å². The van der Waals surface area contributed by atoms with Crippen LogP contribution in [0.2, 0.25) is 0 Å². The number of nitrogens with zero attached hydrogens (tertiary/aromatic N) is 4. The molecule has 0 amide bonds. The molecule has 8 heteroatoms. The van der Waals surface area contributed by atoms with E-state index in [4.69, 9.17) is 0 Å². The molecule has 0 atom stereocenters. The fourth-order valence-electron chi connectivity index (χ4n) is 0.282. The molecular weight excluding hydrogens is 99.3 g/mol. The van der Waals surface area contributed by atoms with Gasteiger partial charge in [0.25, 0.3) is 0 Å². The molecule has 0 radical (unpaired) electrons. The predicted octanol–water partition coefficient (Wildman–Crippen LogP) is -0.789. The van der Waals surface area contributed by atoms with Crippen LogP contribution in [0, 0.1) is 0 Å². The standard InChI is InChI=1S/B4N4/c1-2-4-6-8-7-5-3-1/b7-5-,8-6-,8-7?. The van der Waals surface area contributed by atoms with Gasteiger partial charge in [-0.2, -0.15) is 0 Å². The van der Waals surface area contributed by atoms with E-state index in [0.717, 1.165) is 0 Å². The number of hydrogen-bond donors (Lipinski definition) is 0. The second-order valence-corrected chi connectivity index (χ2v) is 1.09. The maximum absolute atomic E-state index is 3.46. The molecule has 32 valence electrons. The predicted molar refractivity (Wildman–Crippen MR) is 32.7 cm³/mol. The van der Waals surface area contributed by atoms with Gasteiger partial charge >= 0.3 is 47.8 Å². The molecule has 0 saturated heterocycles. The molecule has 0 aromatic rings. The summed E-state index contributed by atoms with van der Waals surface area (Å²) in [5, 5.41) is 13.5. The molecular formula is B4N4. The van der Waals surface area contributed by atoms with Gasteiger partial charge in [-0.1, -0.05) is 0 Å². The molecule has 1 aliphatic heterocycles. The Balaban J connectivity index is 2.67. The second kappa shape index (κ2) is 3.46. The first-order valence-electron chi connectivity index (χ1n) is 2.12. The fourth-order valence-corrected chi connectivity index (χ4v) is 0.282. The Morgan fingerprint density at radius 1 is 0.750 bits per heavy atom. The van der Waals surface area contributed by atoms with Crippen LogP contribution in [0.25, 0.3) is 0 Å². The Bertz CT molecular complexity index is 109. The molecule has 0 N–H and O–H groups in total. The van der Waals surface area contributed by atoms with Crippen LogP contribution in [0.5, 0.6) is 0 Å². The average molecular weight is 99.3 g/mol. The van der Waals surface area contributed by atoms with Crippen molar-refractivity contribution in [1.82, 2.24) is 0 Å². The molecule has 0 aromatic heterocycles. The van der Waals surface area contributed by atoms with Gasteiger partial charge in [-0.15, -0.1) is 0 Å². The zero-order valence-corrected chi connectivity index (χ0v) is 4.10. The van der Waals surface area contributed by atoms with Gasteiger partial charge in [0.1, 0.15) is 0 Å². The van der Waals surface area contributed by atoms with E-state index in [0.29, 0.717) is 0 Å². The first-order valence-corrected chi connectivity index (χ1v) is 2.12. The van der Waals surface area contributed by atoms with E-state index in [9.17, 15) is 0 Å². The van der Waals surface area contributed by atoms with Crippen LogP contribution in [0.3, 0.4) is 0 Å². The van der Waals surface area contributed by atoms with E-state index < -0.39 is 0 Å². The van der Waals surface area contributed by atoms with Crippen molar-refractivity contribution in [2.75, 3.05) is 0 Å². The van der Waals surface area contributed by atoms with Crippen molar-refractivity contribution in [2.45, 2.75) is 0 Å². The first-order chi connectivity index (χ1) is 4.00. The Labute approximate surface area is 48.7 Å². The van der Waals surface area contributed by atoms with Gasteiger partial charge in [0.15, 0.2) is 0 Å². The summed E-state index contributed by atoms with van der Waals surface area (Å²) in [4.78, 5) is 0. The van der Waals surface area contributed by atoms with Gasteiger partial charge in [-0.3, -0.25) is 0 Å². The van der Waals surface area contributed by atoms with Crippen molar-refractivity contribution in [3.63, 3.8) is 0 Å². The Morgan fingerprint density at radius 2 is 1.25 bits per heavy atom. The molecule has 0 unspecified atom stereocenters. The van der Waals surface area contributed by atoms with Gasteiger partial charge < -0.3 is 0 Å². The molecule has 1 heterocycles. The van der Waals surface area contributed by atoms with E-state index >= 15 is 0 Å². The van der Waals surface area contributed by atoms with E-state index in [-0.39, 0.29) is 0 Å². The van der Waals surface area contributed by atoms with Crippen LogP contribution in [0.1, 0.15) is 0 Å². The molecule has 1 aliphatic rings. The van der Waals surface area contributed by atoms with Gasteiger partial charge in [0.05, 0.1) is 0 Å². The summed E-state index contributed by atoms with van der Waals surface area (Å²) >= 11 is 0. The summed E-state index contributed by atoms with van der Waals surface area (Å²) < 4.78 is 0. The third-order valence-corrected chi connectivity index (χ3v) is 0.560. The summed E-state index contributed by atoms with van der Waals surface area (Å²) in [6, 6.07) is 0. The summed E-state index contributed by atoms with van der Waals surface area (Å²) in [6.07, 6.45) is 0. The quantitative estimate of drug-likeness (QED) is 0.357. The number of rotatable bonds is 0. The maximum atomic E-state index is 3.46. The van der Waals surface area contributed by atoms with Gasteiger partial charge in [0, 0.05) is 0 Å². The summed E-state index contributed by atoms with van der Waals surface area (Å²) in [6.45, 7) is 6.52. The second-order valence-electron chi connectivity index (χ2n) is 1.09. The van der Waals surface area contributed by atoms with Gasteiger partial charge in [-0.05, 0) is 0 Å². The Morgan fingerprint density at radius 3 is 1.75 bits per heavy atom. The number of hydrogen-bond acceptors (Lipinski definition) is 4.